The summed E-state index contributed by atoms with van der Waals surface area (Å²) in [6, 6.07) is -0.0961. The van der Waals surface area contributed by atoms with Crippen molar-refractivity contribution in [2.45, 2.75) is 32.2 Å². The van der Waals surface area contributed by atoms with Crippen molar-refractivity contribution in [3.05, 3.63) is 0 Å². The predicted molar refractivity (Wildman–Crippen MR) is 84.7 cm³/mol. The van der Waals surface area contributed by atoms with E-state index in [2.05, 4.69) is 0 Å². The van der Waals surface area contributed by atoms with E-state index in [1.165, 1.54) is 9.80 Å². The fourth-order valence-electron chi connectivity index (χ4n) is 3.02. The monoisotopic (exact) mass is 321 g/mol. The third kappa shape index (κ3) is 5.04. The SMILES string of the molecule is CCOC(=O)CN1CCCN(C2CCN(C(=O)O)CC2)C1=O.[LiH]. The van der Waals surface area contributed by atoms with Crippen LogP contribution in [-0.4, -0.2) is 102 Å². The summed E-state index contributed by atoms with van der Waals surface area (Å²) in [5.41, 5.74) is 0. The van der Waals surface area contributed by atoms with E-state index in [1.807, 2.05) is 0 Å². The van der Waals surface area contributed by atoms with Crippen molar-refractivity contribution < 1.29 is 24.2 Å². The number of ether oxygens (including phenoxy) is 1. The number of likely N-dealkylation sites (tertiary alicyclic amines) is 1. The number of piperidine rings is 1. The molecule has 0 unspecified atom stereocenters. The van der Waals surface area contributed by atoms with Gasteiger partial charge in [-0.15, -0.1) is 0 Å². The Bertz CT molecular complexity index is 440. The second-order valence-electron chi connectivity index (χ2n) is 5.56. The van der Waals surface area contributed by atoms with Crippen molar-refractivity contribution in [1.82, 2.24) is 14.7 Å². The Morgan fingerprint density at radius 1 is 1.22 bits per heavy atom. The van der Waals surface area contributed by atoms with E-state index >= 15 is 0 Å². The number of urea groups is 1. The molecule has 2 aliphatic heterocycles. The molecule has 8 nitrogen and oxygen atoms in total. The van der Waals surface area contributed by atoms with Gasteiger partial charge in [0.25, 0.3) is 0 Å². The molecule has 2 aliphatic rings. The first-order chi connectivity index (χ1) is 10.5. The molecule has 0 radical (unpaired) electrons. The van der Waals surface area contributed by atoms with E-state index in [9.17, 15) is 14.4 Å². The van der Waals surface area contributed by atoms with Crippen LogP contribution in [0.15, 0.2) is 0 Å². The molecule has 126 valence electrons. The zero-order valence-electron chi connectivity index (χ0n) is 12.9. The van der Waals surface area contributed by atoms with Crippen LogP contribution in [0.1, 0.15) is 26.2 Å². The van der Waals surface area contributed by atoms with Gasteiger partial charge in [0.05, 0.1) is 6.61 Å². The van der Waals surface area contributed by atoms with Crippen molar-refractivity contribution in [2.24, 2.45) is 0 Å². The van der Waals surface area contributed by atoms with Crippen molar-refractivity contribution in [1.29, 1.82) is 0 Å². The fourth-order valence-corrected chi connectivity index (χ4v) is 3.02. The molecule has 9 heteroatoms. The first kappa shape index (κ1) is 19.7. The van der Waals surface area contributed by atoms with Crippen LogP contribution in [0.3, 0.4) is 0 Å². The van der Waals surface area contributed by atoms with E-state index in [-0.39, 0.29) is 37.5 Å². The predicted octanol–water partition coefficient (Wildman–Crippen LogP) is 0.171. The number of carboxylic acid groups (broad SMARTS) is 1. The zero-order valence-corrected chi connectivity index (χ0v) is 12.9. The van der Waals surface area contributed by atoms with Gasteiger partial charge in [-0.05, 0) is 26.2 Å². The molecule has 0 aliphatic carbocycles. The van der Waals surface area contributed by atoms with Gasteiger partial charge in [-0.3, -0.25) is 4.79 Å². The van der Waals surface area contributed by atoms with Crippen molar-refractivity contribution in [3.8, 4) is 0 Å². The van der Waals surface area contributed by atoms with Gasteiger partial charge in [-0.1, -0.05) is 0 Å². The number of amides is 3. The van der Waals surface area contributed by atoms with Gasteiger partial charge in [-0.25, -0.2) is 9.59 Å². The summed E-state index contributed by atoms with van der Waals surface area (Å²) in [6.45, 7) is 4.13. The molecule has 0 aromatic heterocycles. The molecular formula is C14H24LiN3O5. The van der Waals surface area contributed by atoms with Gasteiger partial charge in [0.2, 0.25) is 0 Å². The van der Waals surface area contributed by atoms with Crippen molar-refractivity contribution in [2.75, 3.05) is 39.3 Å². The first-order valence-corrected chi connectivity index (χ1v) is 7.72. The maximum atomic E-state index is 12.5. The molecule has 2 fully saturated rings. The molecule has 0 spiro atoms. The van der Waals surface area contributed by atoms with Crippen LogP contribution in [-0.2, 0) is 9.53 Å². The molecule has 23 heavy (non-hydrogen) atoms. The number of rotatable bonds is 4. The van der Waals surface area contributed by atoms with E-state index in [1.54, 1.807) is 11.8 Å². The molecule has 2 saturated heterocycles. The Labute approximate surface area is 147 Å². The van der Waals surface area contributed by atoms with Crippen LogP contribution < -0.4 is 0 Å². The molecule has 0 aromatic carbocycles. The Morgan fingerprint density at radius 3 is 2.43 bits per heavy atom. The Hall–Kier alpha value is -1.39. The molecule has 0 bridgehead atoms. The van der Waals surface area contributed by atoms with Crippen LogP contribution in [0.4, 0.5) is 9.59 Å². The van der Waals surface area contributed by atoms with E-state index < -0.39 is 12.1 Å². The van der Waals surface area contributed by atoms with Crippen LogP contribution in [0, 0.1) is 0 Å². The maximum absolute atomic E-state index is 12.5. The van der Waals surface area contributed by atoms with Crippen LogP contribution in [0.5, 0.6) is 0 Å². The first-order valence-electron chi connectivity index (χ1n) is 7.72. The zero-order chi connectivity index (χ0) is 16.1. The van der Waals surface area contributed by atoms with Gasteiger partial charge in [0, 0.05) is 32.2 Å². The van der Waals surface area contributed by atoms with E-state index in [4.69, 9.17) is 9.84 Å². The topological polar surface area (TPSA) is 90.4 Å². The number of esters is 1. The van der Waals surface area contributed by atoms with Crippen molar-refractivity contribution in [3.63, 3.8) is 0 Å². The number of carbonyl (C=O) groups excluding carboxylic acids is 2. The number of carbonyl (C=O) groups is 3. The molecule has 1 N–H and O–H groups in total. The van der Waals surface area contributed by atoms with Crippen LogP contribution in [0.2, 0.25) is 0 Å². The number of hydrogen-bond acceptors (Lipinski definition) is 4. The van der Waals surface area contributed by atoms with Gasteiger partial charge >= 0.3 is 37.0 Å². The minimum atomic E-state index is -0.910. The summed E-state index contributed by atoms with van der Waals surface area (Å²) in [5.74, 6) is -0.390. The average Bonchev–Trinajstić information content (AvgIpc) is 2.50. The molecule has 3 amide bonds. The molecule has 2 rings (SSSR count). The third-order valence-electron chi connectivity index (χ3n) is 4.14. The molecule has 0 saturated carbocycles. The summed E-state index contributed by atoms with van der Waals surface area (Å²) in [7, 11) is 0. The van der Waals surface area contributed by atoms with E-state index in [0.29, 0.717) is 45.6 Å². The molecule has 0 aromatic rings. The quantitative estimate of drug-likeness (QED) is 0.589. The molecular weight excluding hydrogens is 297 g/mol. The van der Waals surface area contributed by atoms with Crippen LogP contribution >= 0.6 is 0 Å². The second kappa shape index (κ2) is 9.04. The van der Waals surface area contributed by atoms with Gasteiger partial charge in [0.1, 0.15) is 6.54 Å². The van der Waals surface area contributed by atoms with E-state index in [0.717, 1.165) is 6.42 Å². The minimum absolute atomic E-state index is 0. The van der Waals surface area contributed by atoms with Gasteiger partial charge < -0.3 is 24.5 Å². The Morgan fingerprint density at radius 2 is 1.87 bits per heavy atom. The summed E-state index contributed by atoms with van der Waals surface area (Å²) < 4.78 is 4.89. The molecule has 2 heterocycles. The Balaban J connectivity index is 0.00000264. The number of hydrogen-bond donors (Lipinski definition) is 1. The van der Waals surface area contributed by atoms with Crippen LogP contribution in [0.25, 0.3) is 0 Å². The summed E-state index contributed by atoms with van der Waals surface area (Å²) >= 11 is 0. The van der Waals surface area contributed by atoms with Gasteiger partial charge in [-0.2, -0.15) is 0 Å². The molecule has 0 atom stereocenters. The summed E-state index contributed by atoms with van der Waals surface area (Å²) in [5, 5.41) is 8.96. The average molecular weight is 321 g/mol. The summed E-state index contributed by atoms with van der Waals surface area (Å²) in [4.78, 5) is 39.6. The summed E-state index contributed by atoms with van der Waals surface area (Å²) in [6.07, 6.45) is 1.19. The normalized spacial score (nSPS) is 19.3. The number of nitrogens with zero attached hydrogens (tertiary/aromatic N) is 3. The van der Waals surface area contributed by atoms with Crippen molar-refractivity contribution >= 4 is 37.0 Å². The van der Waals surface area contributed by atoms with Gasteiger partial charge in [0.15, 0.2) is 0 Å². The Kier molecular flexibility index (Phi) is 7.72. The fraction of sp³-hybridized carbons (Fsp3) is 0.786. The third-order valence-corrected chi connectivity index (χ3v) is 4.14. The second-order valence-corrected chi connectivity index (χ2v) is 5.56. The standard InChI is InChI=1S/C14H23N3O5.Li.H/c1-2-22-12(18)10-16-6-3-7-17(13(16)19)11-4-8-15(9-5-11)14(20)21;;/h11H,2-10H2,1H3,(H,20,21);;.